The molecule has 5 heteroatoms. The van der Waals surface area contributed by atoms with Gasteiger partial charge in [-0.15, -0.1) is 0 Å². The van der Waals surface area contributed by atoms with Crippen molar-refractivity contribution < 1.29 is 9.53 Å². The Balaban J connectivity index is 1.75. The first kappa shape index (κ1) is 13.5. The van der Waals surface area contributed by atoms with Crippen molar-refractivity contribution >= 4 is 16.9 Å². The number of hydrogen-bond acceptors (Lipinski definition) is 3. The molecule has 19 heavy (non-hydrogen) atoms. The molecule has 2 rings (SSSR count). The fourth-order valence-electron chi connectivity index (χ4n) is 1.91. The zero-order valence-electron chi connectivity index (χ0n) is 11.1. The lowest BCUT2D eigenvalue weighted by Gasteiger charge is -2.06. The van der Waals surface area contributed by atoms with Crippen LogP contribution in [0.15, 0.2) is 30.6 Å². The second kappa shape index (κ2) is 6.89. The molecule has 0 saturated carbocycles. The van der Waals surface area contributed by atoms with Crippen LogP contribution in [-0.4, -0.2) is 35.2 Å². The van der Waals surface area contributed by atoms with E-state index in [1.807, 2.05) is 31.5 Å². The van der Waals surface area contributed by atoms with Crippen molar-refractivity contribution in [1.82, 2.24) is 14.9 Å². The van der Waals surface area contributed by atoms with E-state index in [9.17, 15) is 4.79 Å². The number of imidazole rings is 1. The van der Waals surface area contributed by atoms with E-state index in [1.54, 1.807) is 0 Å². The van der Waals surface area contributed by atoms with Gasteiger partial charge >= 0.3 is 0 Å². The Hall–Kier alpha value is -1.88. The van der Waals surface area contributed by atoms with Crippen LogP contribution in [0.25, 0.3) is 11.0 Å². The van der Waals surface area contributed by atoms with Gasteiger partial charge in [-0.25, -0.2) is 4.98 Å². The van der Waals surface area contributed by atoms with Gasteiger partial charge in [0.1, 0.15) is 6.61 Å². The minimum atomic E-state index is -0.0580. The number of aryl methyl sites for hydroxylation is 1. The molecule has 5 nitrogen and oxygen atoms in total. The molecule has 1 amide bonds. The van der Waals surface area contributed by atoms with Crippen molar-refractivity contribution in [2.45, 2.75) is 19.9 Å². The number of amides is 1. The lowest BCUT2D eigenvalue weighted by Crippen LogP contribution is -2.29. The molecule has 102 valence electrons. The predicted octanol–water partition coefficient (Wildman–Crippen LogP) is 1.58. The highest BCUT2D eigenvalue weighted by Crippen LogP contribution is 2.11. The van der Waals surface area contributed by atoms with Crippen LogP contribution in [0.5, 0.6) is 0 Å². The number of rotatable bonds is 7. The quantitative estimate of drug-likeness (QED) is 0.770. The number of ether oxygens (including phenoxy) is 1. The number of benzene rings is 1. The van der Waals surface area contributed by atoms with E-state index in [1.165, 1.54) is 0 Å². The maximum atomic E-state index is 11.3. The molecule has 0 saturated heterocycles. The maximum Gasteiger partial charge on any atom is 0.245 e. The second-order valence-electron chi connectivity index (χ2n) is 4.27. The van der Waals surface area contributed by atoms with Gasteiger partial charge in [0.05, 0.1) is 17.4 Å². The van der Waals surface area contributed by atoms with Crippen LogP contribution >= 0.6 is 0 Å². The predicted molar refractivity (Wildman–Crippen MR) is 73.9 cm³/mol. The van der Waals surface area contributed by atoms with Crippen molar-refractivity contribution in [2.24, 2.45) is 0 Å². The van der Waals surface area contributed by atoms with Crippen LogP contribution in [-0.2, 0) is 16.1 Å². The summed E-state index contributed by atoms with van der Waals surface area (Å²) in [7, 11) is 0. The van der Waals surface area contributed by atoms with E-state index in [4.69, 9.17) is 4.74 Å². The summed E-state index contributed by atoms with van der Waals surface area (Å²) in [5, 5.41) is 2.83. The highest BCUT2D eigenvalue weighted by molar-refractivity contribution is 5.77. The highest BCUT2D eigenvalue weighted by atomic mass is 16.5. The Morgan fingerprint density at radius 1 is 1.42 bits per heavy atom. The summed E-state index contributed by atoms with van der Waals surface area (Å²) in [6, 6.07) is 8.03. The number of para-hydroxylation sites is 2. The van der Waals surface area contributed by atoms with Gasteiger partial charge in [-0.2, -0.15) is 0 Å². The lowest BCUT2D eigenvalue weighted by molar-refractivity contribution is -0.125. The molecule has 1 aromatic heterocycles. The molecule has 1 aromatic carbocycles. The Morgan fingerprint density at radius 3 is 3.11 bits per heavy atom. The van der Waals surface area contributed by atoms with Crippen LogP contribution in [0.1, 0.15) is 13.3 Å². The van der Waals surface area contributed by atoms with Crippen LogP contribution in [0.4, 0.5) is 0 Å². The molecule has 2 aromatic rings. The molecule has 0 spiro atoms. The average Bonchev–Trinajstić information content (AvgIpc) is 2.85. The van der Waals surface area contributed by atoms with Gasteiger partial charge in [-0.1, -0.05) is 12.1 Å². The summed E-state index contributed by atoms with van der Waals surface area (Å²) in [5.74, 6) is -0.0580. The molecule has 0 aliphatic rings. The SMILES string of the molecule is CCOCC(=O)NCCCn1cnc2ccccc21. The third-order valence-corrected chi connectivity index (χ3v) is 2.86. The molecule has 0 bridgehead atoms. The average molecular weight is 261 g/mol. The van der Waals surface area contributed by atoms with Crippen molar-refractivity contribution in [1.29, 1.82) is 0 Å². The summed E-state index contributed by atoms with van der Waals surface area (Å²) in [4.78, 5) is 15.6. The maximum absolute atomic E-state index is 11.3. The normalized spacial score (nSPS) is 10.8. The Labute approximate surface area is 112 Å². The fraction of sp³-hybridized carbons (Fsp3) is 0.429. The molecule has 0 unspecified atom stereocenters. The second-order valence-corrected chi connectivity index (χ2v) is 4.27. The van der Waals surface area contributed by atoms with Crippen molar-refractivity contribution in [2.75, 3.05) is 19.8 Å². The van der Waals surface area contributed by atoms with Gasteiger partial charge < -0.3 is 14.6 Å². The van der Waals surface area contributed by atoms with E-state index in [0.717, 1.165) is 24.0 Å². The number of fused-ring (bicyclic) bond motifs is 1. The monoisotopic (exact) mass is 261 g/mol. The topological polar surface area (TPSA) is 56.1 Å². The Morgan fingerprint density at radius 2 is 2.26 bits per heavy atom. The third kappa shape index (κ3) is 3.79. The van der Waals surface area contributed by atoms with Gasteiger partial charge in [-0.05, 0) is 25.5 Å². The van der Waals surface area contributed by atoms with Crippen LogP contribution < -0.4 is 5.32 Å². The van der Waals surface area contributed by atoms with Crippen molar-refractivity contribution in [3.8, 4) is 0 Å². The first-order valence-corrected chi connectivity index (χ1v) is 6.55. The van der Waals surface area contributed by atoms with Crippen molar-refractivity contribution in [3.05, 3.63) is 30.6 Å². The molecule has 0 aliphatic carbocycles. The molecule has 0 radical (unpaired) electrons. The Kier molecular flexibility index (Phi) is 4.92. The number of carbonyl (C=O) groups is 1. The first-order valence-electron chi connectivity index (χ1n) is 6.55. The third-order valence-electron chi connectivity index (χ3n) is 2.86. The summed E-state index contributed by atoms with van der Waals surface area (Å²) in [6.07, 6.45) is 2.71. The van der Waals surface area contributed by atoms with Crippen LogP contribution in [0, 0.1) is 0 Å². The smallest absolute Gasteiger partial charge is 0.245 e. The van der Waals surface area contributed by atoms with Gasteiger partial charge in [0.2, 0.25) is 5.91 Å². The van der Waals surface area contributed by atoms with Crippen molar-refractivity contribution in [3.63, 3.8) is 0 Å². The van der Waals surface area contributed by atoms with Crippen LogP contribution in [0.2, 0.25) is 0 Å². The van der Waals surface area contributed by atoms with Crippen LogP contribution in [0.3, 0.4) is 0 Å². The molecular weight excluding hydrogens is 242 g/mol. The minimum absolute atomic E-state index is 0.0580. The van der Waals surface area contributed by atoms with Gasteiger partial charge in [0, 0.05) is 19.7 Å². The van der Waals surface area contributed by atoms with E-state index in [-0.39, 0.29) is 12.5 Å². The first-order chi connectivity index (χ1) is 9.31. The van der Waals surface area contributed by atoms with Gasteiger partial charge in [0.25, 0.3) is 0 Å². The molecule has 0 aliphatic heterocycles. The van der Waals surface area contributed by atoms with E-state index < -0.39 is 0 Å². The molecule has 0 fully saturated rings. The summed E-state index contributed by atoms with van der Waals surface area (Å²) in [5.41, 5.74) is 2.13. The summed E-state index contributed by atoms with van der Waals surface area (Å²) < 4.78 is 7.13. The molecule has 1 N–H and O–H groups in total. The van der Waals surface area contributed by atoms with E-state index in [2.05, 4.69) is 20.9 Å². The minimum Gasteiger partial charge on any atom is -0.372 e. The number of nitrogens with one attached hydrogen (secondary N) is 1. The van der Waals surface area contributed by atoms with E-state index in [0.29, 0.717) is 13.2 Å². The van der Waals surface area contributed by atoms with Gasteiger partial charge in [0.15, 0.2) is 0 Å². The van der Waals surface area contributed by atoms with Gasteiger partial charge in [-0.3, -0.25) is 4.79 Å². The lowest BCUT2D eigenvalue weighted by atomic mass is 10.3. The number of nitrogens with zero attached hydrogens (tertiary/aromatic N) is 2. The zero-order valence-corrected chi connectivity index (χ0v) is 11.1. The summed E-state index contributed by atoms with van der Waals surface area (Å²) in [6.45, 7) is 4.07. The highest BCUT2D eigenvalue weighted by Gasteiger charge is 2.02. The number of hydrogen-bond donors (Lipinski definition) is 1. The largest absolute Gasteiger partial charge is 0.372 e. The molecule has 0 atom stereocenters. The Bertz CT molecular complexity index is 536. The fourth-order valence-corrected chi connectivity index (χ4v) is 1.91. The number of carbonyl (C=O) groups excluding carboxylic acids is 1. The molecule has 1 heterocycles. The number of aromatic nitrogens is 2. The molecular formula is C14H19N3O2. The van der Waals surface area contributed by atoms with E-state index >= 15 is 0 Å². The standard InChI is InChI=1S/C14H19N3O2/c1-2-19-10-14(18)15-8-5-9-17-11-16-12-6-3-4-7-13(12)17/h3-4,6-7,11H,2,5,8-10H2,1H3,(H,15,18). The zero-order chi connectivity index (χ0) is 13.5. The summed E-state index contributed by atoms with van der Waals surface area (Å²) >= 11 is 0.